The summed E-state index contributed by atoms with van der Waals surface area (Å²) in [6.45, 7) is 3.23. The maximum absolute atomic E-state index is 13.1. The van der Waals surface area contributed by atoms with E-state index in [9.17, 15) is 43.3 Å². The predicted molar refractivity (Wildman–Crippen MR) is 233 cm³/mol. The van der Waals surface area contributed by atoms with Gasteiger partial charge in [-0.1, -0.05) is 187 Å². The van der Waals surface area contributed by atoms with Crippen LogP contribution in [-0.2, 0) is 28.9 Å². The van der Waals surface area contributed by atoms with E-state index in [1.54, 1.807) is 0 Å². The van der Waals surface area contributed by atoms with Gasteiger partial charge in [0.05, 0.1) is 25.4 Å². The van der Waals surface area contributed by atoms with Gasteiger partial charge in [-0.25, -0.2) is 4.18 Å². The first kappa shape index (κ1) is 55.8. The van der Waals surface area contributed by atoms with Crippen LogP contribution in [0.1, 0.15) is 206 Å². The zero-order valence-electron chi connectivity index (χ0n) is 36.9. The van der Waals surface area contributed by atoms with Crippen molar-refractivity contribution in [3.63, 3.8) is 0 Å². The van der Waals surface area contributed by atoms with Gasteiger partial charge in [-0.2, -0.15) is 8.42 Å². The summed E-state index contributed by atoms with van der Waals surface area (Å²) in [4.78, 5) is 13.1. The summed E-state index contributed by atoms with van der Waals surface area (Å²) in [6.07, 6.45) is 27.0. The first-order chi connectivity index (χ1) is 28.4. The number of rotatable bonds is 40. The molecule has 7 N–H and O–H groups in total. The van der Waals surface area contributed by atoms with Crippen LogP contribution in [0.4, 0.5) is 0 Å². The fourth-order valence-electron chi connectivity index (χ4n) is 7.62. The smallest absolute Gasteiger partial charge is 0.394 e. The van der Waals surface area contributed by atoms with E-state index in [1.165, 1.54) is 116 Å². The number of amides is 1. The maximum Gasteiger partial charge on any atom is 0.397 e. The van der Waals surface area contributed by atoms with Crippen molar-refractivity contribution in [3.05, 3.63) is 12.2 Å². The minimum atomic E-state index is -5.11. The van der Waals surface area contributed by atoms with Crippen LogP contribution in [0.15, 0.2) is 12.2 Å². The average molecular weight is 866 g/mol. The largest absolute Gasteiger partial charge is 0.397 e. The second-order valence-corrected chi connectivity index (χ2v) is 17.9. The third-order valence-electron chi connectivity index (χ3n) is 11.4. The fraction of sp³-hybridized carbons (Fsp3) is 0.933. The Morgan fingerprint density at radius 2 is 1.10 bits per heavy atom. The SMILES string of the molecule is CCCC/C=C\CCCCCCC(O)C(=O)NC(COC1OC(CO)C(O)C(OS(=O)(=O)O)C1O)C(O)CCCCCCCCCCCCCCCCCCCCCC. The number of allylic oxidation sites excluding steroid dienone is 2. The number of hydrogen-bond donors (Lipinski definition) is 7. The lowest BCUT2D eigenvalue weighted by molar-refractivity contribution is -0.298. The highest BCUT2D eigenvalue weighted by Gasteiger charge is 2.48. The Hall–Kier alpha value is -1.20. The number of carbonyl (C=O) groups is 1. The molecule has 0 spiro atoms. The molecule has 1 aliphatic rings. The van der Waals surface area contributed by atoms with Crippen molar-refractivity contribution < 1.29 is 57.0 Å². The number of aliphatic hydroxyl groups is 5. The molecule has 14 heteroatoms. The highest BCUT2D eigenvalue weighted by molar-refractivity contribution is 7.80. The molecule has 0 aromatic rings. The molecule has 350 valence electrons. The third-order valence-corrected chi connectivity index (χ3v) is 11.9. The van der Waals surface area contributed by atoms with Gasteiger partial charge in [0.2, 0.25) is 5.91 Å². The topological polar surface area (TPSA) is 212 Å². The van der Waals surface area contributed by atoms with Crippen molar-refractivity contribution in [2.24, 2.45) is 0 Å². The molecule has 0 aliphatic carbocycles. The van der Waals surface area contributed by atoms with Gasteiger partial charge in [-0.05, 0) is 32.1 Å². The molecule has 1 heterocycles. The van der Waals surface area contributed by atoms with Gasteiger partial charge in [0.15, 0.2) is 6.29 Å². The second kappa shape index (κ2) is 36.3. The van der Waals surface area contributed by atoms with Gasteiger partial charge >= 0.3 is 10.4 Å². The number of hydrogen-bond acceptors (Lipinski definition) is 11. The highest BCUT2D eigenvalue weighted by atomic mass is 32.3. The van der Waals surface area contributed by atoms with Crippen LogP contribution in [0.3, 0.4) is 0 Å². The Balaban J connectivity index is 2.50. The van der Waals surface area contributed by atoms with Crippen molar-refractivity contribution in [1.29, 1.82) is 0 Å². The Labute approximate surface area is 358 Å². The first-order valence-corrected chi connectivity index (χ1v) is 25.0. The summed E-state index contributed by atoms with van der Waals surface area (Å²) >= 11 is 0. The second-order valence-electron chi connectivity index (χ2n) is 16.8. The van der Waals surface area contributed by atoms with Crippen LogP contribution in [0.2, 0.25) is 0 Å². The van der Waals surface area contributed by atoms with Gasteiger partial charge in [0, 0.05) is 0 Å². The Morgan fingerprint density at radius 1 is 0.661 bits per heavy atom. The van der Waals surface area contributed by atoms with E-state index in [1.807, 2.05) is 0 Å². The van der Waals surface area contributed by atoms with E-state index in [2.05, 4.69) is 35.5 Å². The van der Waals surface area contributed by atoms with Crippen molar-refractivity contribution in [3.8, 4) is 0 Å². The van der Waals surface area contributed by atoms with Gasteiger partial charge in [-0.3, -0.25) is 9.35 Å². The van der Waals surface area contributed by atoms with Crippen LogP contribution < -0.4 is 5.32 Å². The molecule has 59 heavy (non-hydrogen) atoms. The molecule has 1 rings (SSSR count). The molecule has 1 aliphatic heterocycles. The predicted octanol–water partition coefficient (Wildman–Crippen LogP) is 8.14. The maximum atomic E-state index is 13.1. The van der Waals surface area contributed by atoms with Crippen LogP contribution in [0, 0.1) is 0 Å². The summed E-state index contributed by atoms with van der Waals surface area (Å²) in [6, 6.07) is -1.03. The van der Waals surface area contributed by atoms with E-state index in [0.29, 0.717) is 19.3 Å². The van der Waals surface area contributed by atoms with E-state index in [0.717, 1.165) is 51.4 Å². The van der Waals surface area contributed by atoms with Crippen LogP contribution in [-0.4, -0.2) is 107 Å². The summed E-state index contributed by atoms with van der Waals surface area (Å²) < 4.78 is 47.5. The quantitative estimate of drug-likeness (QED) is 0.0177. The molecule has 0 aromatic carbocycles. The molecule has 13 nitrogen and oxygen atoms in total. The van der Waals surface area contributed by atoms with Crippen molar-refractivity contribution in [1.82, 2.24) is 5.32 Å². The van der Waals surface area contributed by atoms with Gasteiger partial charge in [0.25, 0.3) is 0 Å². The number of carbonyl (C=O) groups excluding carboxylic acids is 1. The number of nitrogens with one attached hydrogen (secondary N) is 1. The van der Waals surface area contributed by atoms with Gasteiger partial charge in [0.1, 0.15) is 30.5 Å². The standard InChI is InChI=1S/C45H87NO12S/c1-3-5-7-9-11-13-15-16-17-18-19-20-21-22-23-24-26-27-29-31-33-38(48)37(46-44(52)39(49)34-32-30-28-25-14-12-10-8-6-4-2)36-56-45-42(51)43(58-59(53,54)55)41(50)40(35-47)57-45/h10,12,37-43,45,47-51H,3-9,11,13-36H2,1-2H3,(H,46,52)(H,53,54,55)/b12-10-. The summed E-state index contributed by atoms with van der Waals surface area (Å²) in [5.74, 6) is -0.679. The molecule has 0 saturated carbocycles. The zero-order valence-corrected chi connectivity index (χ0v) is 37.8. The molecule has 1 saturated heterocycles. The normalized spacial score (nSPS) is 21.5. The zero-order chi connectivity index (χ0) is 43.6. The van der Waals surface area contributed by atoms with E-state index in [4.69, 9.17) is 9.47 Å². The number of unbranched alkanes of at least 4 members (excludes halogenated alkanes) is 25. The van der Waals surface area contributed by atoms with Gasteiger partial charge < -0.3 is 40.3 Å². The van der Waals surface area contributed by atoms with Crippen molar-refractivity contribution in [2.75, 3.05) is 13.2 Å². The number of ether oxygens (including phenoxy) is 2. The Morgan fingerprint density at radius 3 is 1.58 bits per heavy atom. The molecular formula is C45H87NO12S. The molecule has 0 radical (unpaired) electrons. The minimum absolute atomic E-state index is 0.246. The van der Waals surface area contributed by atoms with E-state index in [-0.39, 0.29) is 6.42 Å². The minimum Gasteiger partial charge on any atom is -0.394 e. The summed E-state index contributed by atoms with van der Waals surface area (Å²) in [7, 11) is -5.11. The third kappa shape index (κ3) is 28.9. The monoisotopic (exact) mass is 866 g/mol. The molecule has 0 aromatic heterocycles. The Bertz CT molecular complexity index is 1130. The fourth-order valence-corrected chi connectivity index (χ4v) is 8.13. The molecule has 8 unspecified atom stereocenters. The van der Waals surface area contributed by atoms with Crippen LogP contribution in [0.25, 0.3) is 0 Å². The lowest BCUT2D eigenvalue weighted by atomic mass is 9.99. The van der Waals surface area contributed by atoms with Crippen molar-refractivity contribution in [2.45, 2.75) is 255 Å². The van der Waals surface area contributed by atoms with Gasteiger partial charge in [-0.15, -0.1) is 0 Å². The van der Waals surface area contributed by atoms with E-state index >= 15 is 0 Å². The Kier molecular flexibility index (Phi) is 34.3. The molecule has 1 fully saturated rings. The number of aliphatic hydroxyl groups excluding tert-OH is 5. The van der Waals surface area contributed by atoms with Crippen LogP contribution in [0.5, 0.6) is 0 Å². The average Bonchev–Trinajstić information content (AvgIpc) is 3.20. The van der Waals surface area contributed by atoms with E-state index < -0.39 is 78.5 Å². The van der Waals surface area contributed by atoms with Crippen molar-refractivity contribution >= 4 is 16.3 Å². The molecule has 0 bridgehead atoms. The summed E-state index contributed by atoms with van der Waals surface area (Å²) in [5, 5.41) is 55.3. The summed E-state index contributed by atoms with van der Waals surface area (Å²) in [5.41, 5.74) is 0. The highest BCUT2D eigenvalue weighted by Crippen LogP contribution is 2.26. The molecule has 1 amide bonds. The first-order valence-electron chi connectivity index (χ1n) is 23.7. The molecule has 8 atom stereocenters. The lowest BCUT2D eigenvalue weighted by Gasteiger charge is -2.41. The van der Waals surface area contributed by atoms with Crippen LogP contribution >= 0.6 is 0 Å². The lowest BCUT2D eigenvalue weighted by Crippen LogP contribution is -2.61. The molecular weight excluding hydrogens is 779 g/mol.